The van der Waals surface area contributed by atoms with Crippen molar-refractivity contribution in [2.24, 2.45) is 5.41 Å². The molecule has 8 nitrogen and oxygen atoms in total. The van der Waals surface area contributed by atoms with Crippen LogP contribution in [0.15, 0.2) is 36.7 Å². The van der Waals surface area contributed by atoms with E-state index in [0.29, 0.717) is 29.3 Å². The number of hydrogen-bond donors (Lipinski definition) is 1. The number of esters is 1. The number of imidazole rings is 1. The summed E-state index contributed by atoms with van der Waals surface area (Å²) < 4.78 is 56.7. The number of carbonyl (C=O) groups is 1. The summed E-state index contributed by atoms with van der Waals surface area (Å²) >= 11 is 0. The maximum atomic E-state index is 13.6. The number of carbonyl (C=O) groups excluding carboxylic acids is 1. The molecule has 0 aliphatic rings. The van der Waals surface area contributed by atoms with E-state index in [-0.39, 0.29) is 30.7 Å². The molecule has 0 atom stereocenters. The van der Waals surface area contributed by atoms with Crippen molar-refractivity contribution in [1.82, 2.24) is 19.9 Å². The summed E-state index contributed by atoms with van der Waals surface area (Å²) in [6, 6.07) is 7.57. The van der Waals surface area contributed by atoms with E-state index in [0.717, 1.165) is 6.04 Å². The van der Waals surface area contributed by atoms with E-state index in [2.05, 4.69) is 39.6 Å². The molecule has 0 bridgehead atoms. The second kappa shape index (κ2) is 11.6. The molecule has 1 N–H and O–H groups in total. The highest BCUT2D eigenvalue weighted by Gasteiger charge is 2.37. The summed E-state index contributed by atoms with van der Waals surface area (Å²) in [6.45, 7) is 10.2. The van der Waals surface area contributed by atoms with Gasteiger partial charge in [-0.1, -0.05) is 19.6 Å². The molecule has 0 amide bonds. The Hall–Kier alpha value is -3.25. The fraction of sp³-hybridized carbons (Fsp3) is 0.462. The highest BCUT2D eigenvalue weighted by atomic mass is 28.3. The lowest BCUT2D eigenvalue weighted by Crippen LogP contribution is -2.32. The third-order valence-corrected chi connectivity index (χ3v) is 7.38. The number of H-pyrrole nitrogens is 1. The van der Waals surface area contributed by atoms with Gasteiger partial charge in [0, 0.05) is 44.3 Å². The Bertz CT molecular complexity index is 1220. The molecule has 3 aromatic heterocycles. The predicted octanol–water partition coefficient (Wildman–Crippen LogP) is 5.99. The first-order valence-electron chi connectivity index (χ1n) is 12.1. The van der Waals surface area contributed by atoms with Crippen LogP contribution in [0, 0.1) is 5.41 Å². The number of aromatic amines is 1. The molecular formula is C26H33F3N4O4Si. The molecule has 0 radical (unpaired) electrons. The molecule has 3 rings (SSSR count). The Kier molecular flexibility index (Phi) is 8.98. The summed E-state index contributed by atoms with van der Waals surface area (Å²) in [5, 5.41) is 0. The van der Waals surface area contributed by atoms with E-state index in [1.165, 1.54) is 13.3 Å². The molecule has 0 saturated heterocycles. The zero-order valence-electron chi connectivity index (χ0n) is 22.4. The molecule has 0 aliphatic heterocycles. The van der Waals surface area contributed by atoms with Crippen molar-refractivity contribution in [2.75, 3.05) is 20.3 Å². The molecular weight excluding hydrogens is 517 g/mol. The Morgan fingerprint density at radius 2 is 1.71 bits per heavy atom. The normalized spacial score (nSPS) is 12.4. The van der Waals surface area contributed by atoms with Gasteiger partial charge >= 0.3 is 12.1 Å². The SMILES string of the molecule is COC(=O)C(C)(C)COc1ccc(-c2ccc(-c3nc(C(F)(F)F)c(COCC[Si](C)(C)C)[nH]3)cn2)cn1. The fourth-order valence-electron chi connectivity index (χ4n) is 3.35. The lowest BCUT2D eigenvalue weighted by atomic mass is 9.95. The Balaban J connectivity index is 1.70. The zero-order valence-corrected chi connectivity index (χ0v) is 23.4. The summed E-state index contributed by atoms with van der Waals surface area (Å²) in [7, 11) is -0.0374. The topological polar surface area (TPSA) is 99.2 Å². The quantitative estimate of drug-likeness (QED) is 0.178. The van der Waals surface area contributed by atoms with Crippen molar-refractivity contribution in [3.8, 4) is 28.5 Å². The number of pyridine rings is 2. The average Bonchev–Trinajstić information content (AvgIpc) is 3.30. The van der Waals surface area contributed by atoms with Crippen molar-refractivity contribution in [3.05, 3.63) is 48.0 Å². The van der Waals surface area contributed by atoms with Gasteiger partial charge in [-0.15, -0.1) is 0 Å². The van der Waals surface area contributed by atoms with Crippen LogP contribution in [0.3, 0.4) is 0 Å². The number of methoxy groups -OCH3 is 1. The smallest absolute Gasteiger partial charge is 0.435 e. The number of ether oxygens (including phenoxy) is 3. The third kappa shape index (κ3) is 7.87. The van der Waals surface area contributed by atoms with Crippen LogP contribution in [-0.4, -0.2) is 54.3 Å². The molecule has 3 aromatic rings. The monoisotopic (exact) mass is 550 g/mol. The van der Waals surface area contributed by atoms with Crippen molar-refractivity contribution < 1.29 is 32.2 Å². The number of nitrogens with one attached hydrogen (secondary N) is 1. The summed E-state index contributed by atoms with van der Waals surface area (Å²) in [4.78, 5) is 27.0. The lowest BCUT2D eigenvalue weighted by molar-refractivity contribution is -0.152. The number of aromatic nitrogens is 4. The van der Waals surface area contributed by atoms with Crippen LogP contribution < -0.4 is 4.74 Å². The van der Waals surface area contributed by atoms with Crippen LogP contribution in [-0.2, 0) is 27.1 Å². The predicted molar refractivity (Wildman–Crippen MR) is 139 cm³/mol. The van der Waals surface area contributed by atoms with Crippen LogP contribution in [0.5, 0.6) is 5.88 Å². The van der Waals surface area contributed by atoms with Gasteiger partial charge in [-0.3, -0.25) is 9.78 Å². The third-order valence-electron chi connectivity index (χ3n) is 5.68. The molecule has 0 unspecified atom stereocenters. The van der Waals surface area contributed by atoms with E-state index in [9.17, 15) is 18.0 Å². The maximum absolute atomic E-state index is 13.6. The van der Waals surface area contributed by atoms with Crippen molar-refractivity contribution >= 4 is 14.0 Å². The largest absolute Gasteiger partial charge is 0.476 e. The van der Waals surface area contributed by atoms with E-state index in [4.69, 9.17) is 14.2 Å². The average molecular weight is 551 g/mol. The summed E-state index contributed by atoms with van der Waals surface area (Å²) in [5.41, 5.74) is -0.263. The molecule has 206 valence electrons. The van der Waals surface area contributed by atoms with Gasteiger partial charge in [0.25, 0.3) is 0 Å². The molecule has 12 heteroatoms. The first-order valence-corrected chi connectivity index (χ1v) is 15.8. The fourth-order valence-corrected chi connectivity index (χ4v) is 4.11. The minimum Gasteiger partial charge on any atom is -0.476 e. The molecule has 0 aromatic carbocycles. The van der Waals surface area contributed by atoms with Gasteiger partial charge in [0.15, 0.2) is 5.69 Å². The van der Waals surface area contributed by atoms with Gasteiger partial charge in [-0.25, -0.2) is 9.97 Å². The first kappa shape index (κ1) is 29.3. The van der Waals surface area contributed by atoms with Crippen LogP contribution in [0.1, 0.15) is 25.2 Å². The Morgan fingerprint density at radius 3 is 2.26 bits per heavy atom. The second-order valence-electron chi connectivity index (χ2n) is 10.8. The second-order valence-corrected chi connectivity index (χ2v) is 16.4. The van der Waals surface area contributed by atoms with E-state index in [1.807, 2.05) is 0 Å². The maximum Gasteiger partial charge on any atom is 0.435 e. The first-order chi connectivity index (χ1) is 17.7. The summed E-state index contributed by atoms with van der Waals surface area (Å²) in [6.07, 6.45) is -1.60. The molecule has 0 fully saturated rings. The van der Waals surface area contributed by atoms with Crippen LogP contribution in [0.2, 0.25) is 25.7 Å². The number of nitrogens with zero attached hydrogens (tertiary/aromatic N) is 3. The van der Waals surface area contributed by atoms with Crippen molar-refractivity contribution in [1.29, 1.82) is 0 Å². The van der Waals surface area contributed by atoms with Crippen molar-refractivity contribution in [3.63, 3.8) is 0 Å². The van der Waals surface area contributed by atoms with Gasteiger partial charge in [0.2, 0.25) is 5.88 Å². The van der Waals surface area contributed by atoms with Gasteiger partial charge in [-0.2, -0.15) is 13.2 Å². The van der Waals surface area contributed by atoms with Crippen LogP contribution >= 0.6 is 0 Å². The van der Waals surface area contributed by atoms with Gasteiger partial charge in [0.1, 0.15) is 12.4 Å². The lowest BCUT2D eigenvalue weighted by Gasteiger charge is -2.21. The van der Waals surface area contributed by atoms with E-state index in [1.54, 1.807) is 44.3 Å². The van der Waals surface area contributed by atoms with Gasteiger partial charge in [0.05, 0.1) is 30.5 Å². The number of hydrogen-bond acceptors (Lipinski definition) is 7. The molecule has 0 spiro atoms. The van der Waals surface area contributed by atoms with Crippen LogP contribution in [0.25, 0.3) is 22.6 Å². The standard InChI is InChI=1S/C26H33F3N4O4Si/c1-25(2,24(34)35-3)16-37-21-10-8-17(13-31-21)19-9-7-18(14-30-19)23-32-20(22(33-23)26(27,28)29)15-36-11-12-38(4,5)6/h7-10,13-14H,11-12,15-16H2,1-6H3,(H,32,33). The van der Waals surface area contributed by atoms with E-state index >= 15 is 0 Å². The Labute approximate surface area is 221 Å². The highest BCUT2D eigenvalue weighted by molar-refractivity contribution is 6.76. The highest BCUT2D eigenvalue weighted by Crippen LogP contribution is 2.33. The Morgan fingerprint density at radius 1 is 1.03 bits per heavy atom. The zero-order chi connectivity index (χ0) is 28.1. The minimum absolute atomic E-state index is 0.0651. The number of rotatable bonds is 11. The summed E-state index contributed by atoms with van der Waals surface area (Å²) in [5.74, 6) is 0.00599. The van der Waals surface area contributed by atoms with Gasteiger partial charge < -0.3 is 19.2 Å². The minimum atomic E-state index is -4.61. The van der Waals surface area contributed by atoms with E-state index < -0.39 is 25.4 Å². The van der Waals surface area contributed by atoms with Gasteiger partial charge in [-0.05, 0) is 38.1 Å². The molecule has 38 heavy (non-hydrogen) atoms. The number of alkyl halides is 3. The molecule has 0 aliphatic carbocycles. The molecule has 0 saturated carbocycles. The number of halogens is 3. The molecule has 3 heterocycles. The van der Waals surface area contributed by atoms with Crippen molar-refractivity contribution in [2.45, 2.75) is 52.3 Å². The van der Waals surface area contributed by atoms with Crippen LogP contribution in [0.4, 0.5) is 13.2 Å².